The zero-order valence-electron chi connectivity index (χ0n) is 17.8. The molecule has 4 rings (SSSR count). The molecule has 7 nitrogen and oxygen atoms in total. The van der Waals surface area contributed by atoms with Crippen LogP contribution in [0.4, 0.5) is 10.5 Å². The van der Waals surface area contributed by atoms with E-state index in [-0.39, 0.29) is 29.8 Å². The van der Waals surface area contributed by atoms with Gasteiger partial charge in [0.2, 0.25) is 0 Å². The van der Waals surface area contributed by atoms with Gasteiger partial charge in [-0.05, 0) is 48.9 Å². The van der Waals surface area contributed by atoms with Gasteiger partial charge in [0.25, 0.3) is 0 Å². The quantitative estimate of drug-likeness (QED) is 0.760. The molecule has 2 atom stereocenters. The van der Waals surface area contributed by atoms with E-state index < -0.39 is 9.84 Å². The first-order chi connectivity index (χ1) is 13.6. The van der Waals surface area contributed by atoms with E-state index in [1.165, 1.54) is 6.26 Å². The molecule has 3 fully saturated rings. The minimum atomic E-state index is -3.09. The number of carbonyl (C=O) groups is 1. The van der Waals surface area contributed by atoms with Gasteiger partial charge in [-0.3, -0.25) is 0 Å². The maximum Gasteiger partial charge on any atom is 0.317 e. The van der Waals surface area contributed by atoms with Gasteiger partial charge in [-0.2, -0.15) is 0 Å². The van der Waals surface area contributed by atoms with Crippen LogP contribution >= 0.6 is 0 Å². The van der Waals surface area contributed by atoms with E-state index in [1.807, 2.05) is 24.0 Å². The predicted molar refractivity (Wildman–Crippen MR) is 115 cm³/mol. The Balaban J connectivity index is 1.74. The van der Waals surface area contributed by atoms with E-state index >= 15 is 0 Å². The van der Waals surface area contributed by atoms with Crippen LogP contribution in [0.5, 0.6) is 5.75 Å². The third-order valence-electron chi connectivity index (χ3n) is 5.94. The van der Waals surface area contributed by atoms with Crippen molar-refractivity contribution in [2.75, 3.05) is 49.7 Å². The maximum absolute atomic E-state index is 12.7. The second-order valence-electron chi connectivity index (χ2n) is 8.92. The second-order valence-corrected chi connectivity index (χ2v) is 11.2. The number of fused-ring (bicyclic) bond motifs is 4. The highest BCUT2D eigenvalue weighted by molar-refractivity contribution is 7.90. The number of ether oxygens (including phenoxy) is 1. The lowest BCUT2D eigenvalue weighted by Gasteiger charge is -2.48. The van der Waals surface area contributed by atoms with Crippen molar-refractivity contribution in [3.63, 3.8) is 0 Å². The molecule has 1 unspecified atom stereocenters. The smallest absolute Gasteiger partial charge is 0.317 e. The van der Waals surface area contributed by atoms with Crippen LogP contribution < -0.4 is 15.0 Å². The fourth-order valence-corrected chi connectivity index (χ4v) is 5.11. The minimum Gasteiger partial charge on any atom is -0.494 e. The first kappa shape index (κ1) is 21.7. The van der Waals surface area contributed by atoms with Crippen LogP contribution in [0, 0.1) is 11.3 Å². The van der Waals surface area contributed by atoms with E-state index in [9.17, 15) is 13.2 Å². The summed E-state index contributed by atoms with van der Waals surface area (Å²) in [4.78, 5) is 17.0. The van der Waals surface area contributed by atoms with Crippen molar-refractivity contribution in [1.29, 1.82) is 0 Å². The lowest BCUT2D eigenvalue weighted by Crippen LogP contribution is -2.54. The van der Waals surface area contributed by atoms with Gasteiger partial charge in [-0.1, -0.05) is 13.8 Å². The number of urea groups is 1. The highest BCUT2D eigenvalue weighted by Crippen LogP contribution is 2.43. The molecule has 3 aliphatic heterocycles. The van der Waals surface area contributed by atoms with Crippen molar-refractivity contribution in [3.8, 4) is 5.75 Å². The summed E-state index contributed by atoms with van der Waals surface area (Å²) >= 11 is 0. The van der Waals surface area contributed by atoms with Crippen LogP contribution in [-0.4, -0.2) is 70.2 Å². The normalized spacial score (nSPS) is 23.6. The molecule has 3 heterocycles. The summed E-state index contributed by atoms with van der Waals surface area (Å²) in [6, 6.07) is 8.21. The van der Waals surface area contributed by atoms with E-state index in [2.05, 4.69) is 36.2 Å². The Kier molecular flexibility index (Phi) is 6.31. The summed E-state index contributed by atoms with van der Waals surface area (Å²) in [5.41, 5.74) is 1.22. The molecule has 162 valence electrons. The number of rotatable bonds is 6. The molecule has 3 aliphatic rings. The molecule has 1 aromatic rings. The number of amides is 2. The van der Waals surface area contributed by atoms with Gasteiger partial charge in [-0.15, -0.1) is 0 Å². The molecule has 2 bridgehead atoms. The van der Waals surface area contributed by atoms with Crippen molar-refractivity contribution in [3.05, 3.63) is 24.3 Å². The number of anilines is 1. The Hall–Kier alpha value is -1.96. The zero-order chi connectivity index (χ0) is 21.2. The first-order valence-electron chi connectivity index (χ1n) is 10.3. The summed E-state index contributed by atoms with van der Waals surface area (Å²) in [5.74, 6) is 1.20. The third-order valence-corrected chi connectivity index (χ3v) is 6.88. The number of benzene rings is 1. The summed E-state index contributed by atoms with van der Waals surface area (Å²) < 4.78 is 28.2. The van der Waals surface area contributed by atoms with Gasteiger partial charge in [-0.25, -0.2) is 13.2 Å². The monoisotopic (exact) mass is 423 g/mol. The standard InChI is InChI=1S/C21H33N3O4S/c1-5-28-18-8-6-17(7-9-18)24-14-16-12-21(2,3)19(24)15-23(13-16)20(25)22-10-11-29(4,26)27/h6-9,16,19H,5,10-15H2,1-4H3,(H,22,25)/t16-,19?/m1/s1. The van der Waals surface area contributed by atoms with Crippen molar-refractivity contribution >= 4 is 21.6 Å². The number of carbonyl (C=O) groups excluding carboxylic acids is 1. The van der Waals surface area contributed by atoms with Gasteiger partial charge in [0.05, 0.1) is 18.4 Å². The van der Waals surface area contributed by atoms with Crippen LogP contribution in [0.15, 0.2) is 24.3 Å². The molecule has 0 radical (unpaired) electrons. The summed E-state index contributed by atoms with van der Waals surface area (Å²) in [6.07, 6.45) is 2.25. The highest BCUT2D eigenvalue weighted by Gasteiger charge is 2.46. The molecule has 29 heavy (non-hydrogen) atoms. The molecular weight excluding hydrogens is 390 g/mol. The Morgan fingerprint density at radius 3 is 2.52 bits per heavy atom. The second kappa shape index (κ2) is 8.42. The SMILES string of the molecule is CCOc1ccc(N2C[C@H]3CN(C(=O)NCCS(C)(=O)=O)CC2C(C)(C)C3)cc1. The molecule has 0 saturated carbocycles. The molecule has 0 spiro atoms. The van der Waals surface area contributed by atoms with E-state index in [0.29, 0.717) is 25.6 Å². The number of sulfone groups is 1. The molecule has 8 heteroatoms. The molecule has 0 aliphatic carbocycles. The van der Waals surface area contributed by atoms with E-state index in [1.54, 1.807) is 0 Å². The van der Waals surface area contributed by atoms with Crippen LogP contribution in [0.25, 0.3) is 0 Å². The van der Waals surface area contributed by atoms with Crippen LogP contribution in [0.3, 0.4) is 0 Å². The number of nitrogens with zero attached hydrogens (tertiary/aromatic N) is 2. The lowest BCUT2D eigenvalue weighted by molar-refractivity contribution is 0.187. The Bertz CT molecular complexity index is 823. The molecule has 2 amide bonds. The Morgan fingerprint density at radius 2 is 1.90 bits per heavy atom. The van der Waals surface area contributed by atoms with E-state index in [4.69, 9.17) is 4.74 Å². The van der Waals surface area contributed by atoms with Crippen molar-refractivity contribution in [1.82, 2.24) is 10.2 Å². The summed E-state index contributed by atoms with van der Waals surface area (Å²) in [7, 11) is -3.09. The van der Waals surface area contributed by atoms with Crippen LogP contribution in [0.2, 0.25) is 0 Å². The predicted octanol–water partition coefficient (Wildman–Crippen LogP) is 2.38. The van der Waals surface area contributed by atoms with E-state index in [0.717, 1.165) is 24.4 Å². The first-order valence-corrected chi connectivity index (χ1v) is 12.3. The molecular formula is C21H33N3O4S. The van der Waals surface area contributed by atoms with Crippen molar-refractivity contribution in [2.45, 2.75) is 33.2 Å². The van der Waals surface area contributed by atoms with Gasteiger partial charge in [0.15, 0.2) is 0 Å². The number of nitrogens with one attached hydrogen (secondary N) is 1. The van der Waals surface area contributed by atoms with Crippen molar-refractivity contribution < 1.29 is 17.9 Å². The average molecular weight is 424 g/mol. The Labute approximate surface area is 174 Å². The number of hydrogen-bond donors (Lipinski definition) is 1. The Morgan fingerprint density at radius 1 is 1.21 bits per heavy atom. The molecule has 1 N–H and O–H groups in total. The molecule has 3 saturated heterocycles. The third kappa shape index (κ3) is 5.35. The van der Waals surface area contributed by atoms with Crippen LogP contribution in [0.1, 0.15) is 27.2 Å². The topological polar surface area (TPSA) is 79.0 Å². The van der Waals surface area contributed by atoms with Gasteiger partial charge < -0.3 is 19.9 Å². The largest absolute Gasteiger partial charge is 0.494 e. The minimum absolute atomic E-state index is 0.0385. The van der Waals surface area contributed by atoms with Crippen molar-refractivity contribution in [2.24, 2.45) is 11.3 Å². The van der Waals surface area contributed by atoms with Crippen LogP contribution in [-0.2, 0) is 9.84 Å². The fourth-order valence-electron chi connectivity index (χ4n) is 4.64. The highest BCUT2D eigenvalue weighted by atomic mass is 32.2. The number of hydrogen-bond acceptors (Lipinski definition) is 5. The summed E-state index contributed by atoms with van der Waals surface area (Å²) in [6.45, 7) is 9.54. The zero-order valence-corrected chi connectivity index (χ0v) is 18.7. The lowest BCUT2D eigenvalue weighted by atomic mass is 9.73. The molecule has 1 aromatic carbocycles. The average Bonchev–Trinajstić information content (AvgIpc) is 2.88. The maximum atomic E-state index is 12.7. The molecule has 0 aromatic heterocycles. The fraction of sp³-hybridized carbons (Fsp3) is 0.667. The summed E-state index contributed by atoms with van der Waals surface area (Å²) in [5, 5.41) is 2.78. The number of piperidine rings is 1. The van der Waals surface area contributed by atoms with Gasteiger partial charge in [0, 0.05) is 38.1 Å². The van der Waals surface area contributed by atoms with Gasteiger partial charge >= 0.3 is 6.03 Å². The van der Waals surface area contributed by atoms with Gasteiger partial charge in [0.1, 0.15) is 15.6 Å².